The molecule has 0 saturated carbocycles. The van der Waals surface area contributed by atoms with Crippen molar-refractivity contribution in [3.8, 4) is 5.69 Å². The van der Waals surface area contributed by atoms with Gasteiger partial charge in [0.25, 0.3) is 7.98 Å². The van der Waals surface area contributed by atoms with Crippen LogP contribution >= 0.6 is 0 Å². The second kappa shape index (κ2) is 6.78. The van der Waals surface area contributed by atoms with E-state index in [1.54, 1.807) is 0 Å². The van der Waals surface area contributed by atoms with Crippen molar-refractivity contribution in [1.82, 2.24) is 14.3 Å². The van der Waals surface area contributed by atoms with Crippen molar-refractivity contribution >= 4 is 27.2 Å². The standard InChI is InChI=1S/C18H17B2N5O/c19-15-11-12-10-14(22-9-8-21-13-4-2-1-3-5-13)6-7-16(12)24-17(15)23-25(20)18(24)26/h1-7,10,15,21-22H,8-9,11H2. The van der Waals surface area contributed by atoms with Crippen molar-refractivity contribution < 1.29 is 0 Å². The minimum Gasteiger partial charge on any atom is -0.383 e. The normalized spacial score (nSPS) is 15.2. The summed E-state index contributed by atoms with van der Waals surface area (Å²) >= 11 is 0. The van der Waals surface area contributed by atoms with E-state index in [0.29, 0.717) is 12.2 Å². The van der Waals surface area contributed by atoms with Crippen LogP contribution in [0.1, 0.15) is 17.2 Å². The van der Waals surface area contributed by atoms with E-state index in [1.807, 2.05) is 48.5 Å². The molecule has 0 fully saturated rings. The fourth-order valence-electron chi connectivity index (χ4n) is 3.24. The highest BCUT2D eigenvalue weighted by Crippen LogP contribution is 2.30. The van der Waals surface area contributed by atoms with E-state index >= 15 is 0 Å². The van der Waals surface area contributed by atoms with Crippen LogP contribution in [0.5, 0.6) is 0 Å². The molecule has 26 heavy (non-hydrogen) atoms. The van der Waals surface area contributed by atoms with Crippen LogP contribution in [-0.4, -0.2) is 43.2 Å². The fourth-order valence-corrected chi connectivity index (χ4v) is 3.24. The first kappa shape index (κ1) is 16.6. The van der Waals surface area contributed by atoms with Gasteiger partial charge >= 0.3 is 5.69 Å². The Bertz CT molecular complexity index is 983. The molecule has 0 amide bonds. The summed E-state index contributed by atoms with van der Waals surface area (Å²) in [6.45, 7) is 1.57. The quantitative estimate of drug-likeness (QED) is 0.542. The van der Waals surface area contributed by atoms with Gasteiger partial charge in [0.05, 0.1) is 13.5 Å². The van der Waals surface area contributed by atoms with Gasteiger partial charge in [0, 0.05) is 24.5 Å². The molecular weight excluding hydrogens is 324 g/mol. The summed E-state index contributed by atoms with van der Waals surface area (Å²) in [4.78, 5) is 12.2. The van der Waals surface area contributed by atoms with Crippen molar-refractivity contribution in [2.24, 2.45) is 0 Å². The zero-order chi connectivity index (χ0) is 18.1. The molecule has 2 heterocycles. The molecule has 0 bridgehead atoms. The van der Waals surface area contributed by atoms with Gasteiger partial charge in [-0.2, -0.15) is 5.10 Å². The van der Waals surface area contributed by atoms with Crippen molar-refractivity contribution in [1.29, 1.82) is 0 Å². The predicted molar refractivity (Wildman–Crippen MR) is 105 cm³/mol. The number of hydrogen-bond acceptors (Lipinski definition) is 4. The number of aromatic nitrogens is 3. The summed E-state index contributed by atoms with van der Waals surface area (Å²) < 4.78 is 2.33. The Balaban J connectivity index is 1.47. The van der Waals surface area contributed by atoms with Gasteiger partial charge in [-0.1, -0.05) is 18.2 Å². The Hall–Kier alpha value is -2.89. The van der Waals surface area contributed by atoms with Gasteiger partial charge in [0.2, 0.25) is 0 Å². The zero-order valence-electron chi connectivity index (χ0n) is 14.2. The lowest BCUT2D eigenvalue weighted by molar-refractivity contribution is 0.742. The van der Waals surface area contributed by atoms with Crippen LogP contribution in [0.15, 0.2) is 53.3 Å². The first-order valence-electron chi connectivity index (χ1n) is 8.52. The molecule has 2 N–H and O–H groups in total. The van der Waals surface area contributed by atoms with Gasteiger partial charge in [0.1, 0.15) is 5.82 Å². The molecule has 2 aromatic carbocycles. The lowest BCUT2D eigenvalue weighted by atomic mass is 9.79. The largest absolute Gasteiger partial charge is 0.383 e. The maximum Gasteiger partial charge on any atom is 0.336 e. The van der Waals surface area contributed by atoms with E-state index in [4.69, 9.17) is 15.8 Å². The number of benzene rings is 2. The Morgan fingerprint density at radius 2 is 1.81 bits per heavy atom. The highest BCUT2D eigenvalue weighted by atomic mass is 16.2. The van der Waals surface area contributed by atoms with Crippen LogP contribution in [0.25, 0.3) is 5.69 Å². The maximum atomic E-state index is 12.2. The number of nitrogens with zero attached hydrogens (tertiary/aromatic N) is 3. The number of para-hydroxylation sites is 1. The minimum absolute atomic E-state index is 0.352. The molecule has 0 saturated heterocycles. The van der Waals surface area contributed by atoms with Crippen LogP contribution in [-0.2, 0) is 6.42 Å². The molecule has 0 aliphatic carbocycles. The molecule has 3 aromatic rings. The van der Waals surface area contributed by atoms with Crippen molar-refractivity contribution in [3.05, 3.63) is 70.4 Å². The first-order chi connectivity index (χ1) is 12.6. The third-order valence-electron chi connectivity index (χ3n) is 4.48. The smallest absolute Gasteiger partial charge is 0.336 e. The average molecular weight is 341 g/mol. The minimum atomic E-state index is -0.385. The van der Waals surface area contributed by atoms with E-state index in [1.165, 1.54) is 4.57 Å². The zero-order valence-corrected chi connectivity index (χ0v) is 14.2. The van der Waals surface area contributed by atoms with Crippen LogP contribution in [0.2, 0.25) is 0 Å². The van der Waals surface area contributed by atoms with E-state index in [-0.39, 0.29) is 11.5 Å². The summed E-state index contributed by atoms with van der Waals surface area (Å²) in [6, 6.07) is 15.9. The summed E-state index contributed by atoms with van der Waals surface area (Å²) in [6.07, 6.45) is 0.615. The molecule has 4 rings (SSSR count). The topological polar surface area (TPSA) is 63.9 Å². The third kappa shape index (κ3) is 3.03. The maximum absolute atomic E-state index is 12.2. The number of rotatable bonds is 5. The van der Waals surface area contributed by atoms with Crippen LogP contribution in [0.4, 0.5) is 11.4 Å². The van der Waals surface area contributed by atoms with E-state index in [2.05, 4.69) is 15.7 Å². The van der Waals surface area contributed by atoms with Crippen LogP contribution in [0, 0.1) is 0 Å². The molecule has 1 atom stereocenters. The molecule has 126 valence electrons. The molecule has 1 aliphatic rings. The van der Waals surface area contributed by atoms with Gasteiger partial charge in [-0.05, 0) is 48.1 Å². The number of hydrogen-bond donors (Lipinski definition) is 2. The Morgan fingerprint density at radius 3 is 2.58 bits per heavy atom. The molecule has 8 heteroatoms. The molecule has 1 aromatic heterocycles. The third-order valence-corrected chi connectivity index (χ3v) is 4.48. The molecule has 1 unspecified atom stereocenters. The number of nitrogens with one attached hydrogen (secondary N) is 2. The van der Waals surface area contributed by atoms with E-state index in [9.17, 15) is 4.79 Å². The molecule has 4 radical (unpaired) electrons. The summed E-state index contributed by atoms with van der Waals surface area (Å²) in [5, 5.41) is 10.8. The first-order valence-corrected chi connectivity index (χ1v) is 8.52. The monoisotopic (exact) mass is 341 g/mol. The Labute approximate surface area is 154 Å². The number of anilines is 2. The van der Waals surface area contributed by atoms with Gasteiger partial charge in [-0.3, -0.25) is 4.59 Å². The summed E-state index contributed by atoms with van der Waals surface area (Å²) in [7, 11) is 11.8. The van der Waals surface area contributed by atoms with Gasteiger partial charge in [-0.25, -0.2) is 9.36 Å². The average Bonchev–Trinajstić information content (AvgIpc) is 2.96. The summed E-state index contributed by atoms with van der Waals surface area (Å²) in [5.74, 6) is 0.146. The molecule has 6 nitrogen and oxygen atoms in total. The molecule has 1 aliphatic heterocycles. The van der Waals surface area contributed by atoms with Gasteiger partial charge < -0.3 is 10.6 Å². The Morgan fingerprint density at radius 1 is 1.08 bits per heavy atom. The van der Waals surface area contributed by atoms with E-state index < -0.39 is 0 Å². The fraction of sp³-hybridized carbons (Fsp3) is 0.222. The highest BCUT2D eigenvalue weighted by molar-refractivity contribution is 6.12. The molecular formula is C18H17B2N5O. The van der Waals surface area contributed by atoms with Crippen LogP contribution in [0.3, 0.4) is 0 Å². The lowest BCUT2D eigenvalue weighted by Gasteiger charge is -2.23. The summed E-state index contributed by atoms with van der Waals surface area (Å²) in [5.41, 5.74) is 3.49. The lowest BCUT2D eigenvalue weighted by Crippen LogP contribution is -2.27. The highest BCUT2D eigenvalue weighted by Gasteiger charge is 2.26. The Kier molecular flexibility index (Phi) is 4.32. The van der Waals surface area contributed by atoms with Gasteiger partial charge in [-0.15, -0.1) is 0 Å². The van der Waals surface area contributed by atoms with Crippen molar-refractivity contribution in [2.45, 2.75) is 12.2 Å². The SMILES string of the molecule is [B]C1Cc2cc(NCCNc3ccccc3)ccc2-n2c1nn([B])c2=O. The van der Waals surface area contributed by atoms with Crippen molar-refractivity contribution in [2.75, 3.05) is 23.7 Å². The predicted octanol–water partition coefficient (Wildman–Crippen LogP) is 1.26. The number of fused-ring (bicyclic) bond motifs is 3. The van der Waals surface area contributed by atoms with Gasteiger partial charge in [0.15, 0.2) is 0 Å². The van der Waals surface area contributed by atoms with Crippen LogP contribution < -0.4 is 16.3 Å². The second-order valence-corrected chi connectivity index (χ2v) is 6.29. The van der Waals surface area contributed by atoms with E-state index in [0.717, 1.165) is 40.3 Å². The molecule has 0 spiro atoms. The second-order valence-electron chi connectivity index (χ2n) is 6.29. The van der Waals surface area contributed by atoms with Crippen molar-refractivity contribution in [3.63, 3.8) is 0 Å².